The first-order valence-electron chi connectivity index (χ1n) is 4.59. The van der Waals surface area contributed by atoms with Crippen LogP contribution in [0, 0.1) is 0 Å². The summed E-state index contributed by atoms with van der Waals surface area (Å²) in [5.41, 5.74) is 0.442. The number of carbonyl (C=O) groups excluding carboxylic acids is 1. The third-order valence-corrected chi connectivity index (χ3v) is 3.05. The summed E-state index contributed by atoms with van der Waals surface area (Å²) < 4.78 is 5.18. The number of thioether (sulfide) groups is 1. The van der Waals surface area contributed by atoms with Crippen molar-refractivity contribution in [1.82, 2.24) is 0 Å². The van der Waals surface area contributed by atoms with E-state index < -0.39 is 5.24 Å². The minimum absolute atomic E-state index is 0.442. The van der Waals surface area contributed by atoms with Gasteiger partial charge in [-0.3, -0.25) is 4.79 Å². The summed E-state index contributed by atoms with van der Waals surface area (Å²) >= 11 is 7.10. The Kier molecular flexibility index (Phi) is 5.12. The van der Waals surface area contributed by atoms with Crippen LogP contribution in [-0.4, -0.2) is 11.0 Å². The van der Waals surface area contributed by atoms with E-state index in [9.17, 15) is 4.79 Å². The average Bonchev–Trinajstić information content (AvgIpc) is 2.61. The lowest BCUT2D eigenvalue weighted by Gasteiger charge is -1.95. The van der Waals surface area contributed by atoms with Crippen molar-refractivity contribution in [3.8, 4) is 0 Å². The molecule has 0 aliphatic rings. The van der Waals surface area contributed by atoms with E-state index in [2.05, 4.69) is 6.92 Å². The highest BCUT2D eigenvalue weighted by Crippen LogP contribution is 2.17. The summed E-state index contributed by atoms with van der Waals surface area (Å²) in [6.45, 7) is 2.16. The summed E-state index contributed by atoms with van der Waals surface area (Å²) in [4.78, 5) is 10.7. The molecule has 78 valence electrons. The molecule has 0 saturated carbocycles. The van der Waals surface area contributed by atoms with Gasteiger partial charge in [-0.2, -0.15) is 11.8 Å². The van der Waals surface area contributed by atoms with Crippen LogP contribution in [0.2, 0.25) is 0 Å². The van der Waals surface area contributed by atoms with Gasteiger partial charge in [-0.15, -0.1) is 0 Å². The number of hydrogen-bond acceptors (Lipinski definition) is 3. The molecule has 1 rings (SSSR count). The molecule has 0 aromatic carbocycles. The Morgan fingerprint density at radius 1 is 1.64 bits per heavy atom. The molecule has 0 atom stereocenters. The van der Waals surface area contributed by atoms with Crippen molar-refractivity contribution in [3.63, 3.8) is 0 Å². The first-order valence-corrected chi connectivity index (χ1v) is 6.12. The van der Waals surface area contributed by atoms with E-state index in [0.717, 1.165) is 17.3 Å². The van der Waals surface area contributed by atoms with Crippen LogP contribution in [0.25, 0.3) is 0 Å². The molecular weight excluding hydrogens is 220 g/mol. The summed E-state index contributed by atoms with van der Waals surface area (Å²) in [5.74, 6) is 2.75. The maximum Gasteiger partial charge on any atom is 0.255 e. The molecule has 0 unspecified atom stereocenters. The number of rotatable bonds is 6. The fourth-order valence-corrected chi connectivity index (χ4v) is 2.07. The van der Waals surface area contributed by atoms with Crippen molar-refractivity contribution in [2.45, 2.75) is 25.5 Å². The van der Waals surface area contributed by atoms with Gasteiger partial charge in [-0.25, -0.2) is 0 Å². The molecule has 0 amide bonds. The Balaban J connectivity index is 2.33. The van der Waals surface area contributed by atoms with Crippen molar-refractivity contribution >= 4 is 28.6 Å². The van der Waals surface area contributed by atoms with E-state index in [1.165, 1.54) is 19.1 Å². The Morgan fingerprint density at radius 3 is 3.00 bits per heavy atom. The molecule has 14 heavy (non-hydrogen) atoms. The molecule has 4 heteroatoms. The lowest BCUT2D eigenvalue weighted by Crippen LogP contribution is -1.83. The van der Waals surface area contributed by atoms with Crippen LogP contribution in [0.1, 0.15) is 35.9 Å². The van der Waals surface area contributed by atoms with Gasteiger partial charge in [0.1, 0.15) is 12.0 Å². The number of halogens is 1. The molecule has 0 aliphatic heterocycles. The number of carbonyl (C=O) groups is 1. The lowest BCUT2D eigenvalue weighted by atomic mass is 10.3. The number of hydrogen-bond donors (Lipinski definition) is 0. The Bertz CT molecular complexity index is 296. The van der Waals surface area contributed by atoms with Crippen molar-refractivity contribution in [3.05, 3.63) is 23.7 Å². The second-order valence-electron chi connectivity index (χ2n) is 2.98. The summed E-state index contributed by atoms with van der Waals surface area (Å²) in [7, 11) is 0. The van der Waals surface area contributed by atoms with Crippen molar-refractivity contribution in [1.29, 1.82) is 0 Å². The van der Waals surface area contributed by atoms with E-state index >= 15 is 0 Å². The molecule has 0 bridgehead atoms. The Morgan fingerprint density at radius 2 is 2.43 bits per heavy atom. The molecule has 0 spiro atoms. The van der Waals surface area contributed by atoms with E-state index in [1.54, 1.807) is 6.07 Å². The maximum atomic E-state index is 10.7. The first kappa shape index (κ1) is 11.7. The fourth-order valence-electron chi connectivity index (χ4n) is 0.979. The van der Waals surface area contributed by atoms with E-state index in [4.69, 9.17) is 16.0 Å². The van der Waals surface area contributed by atoms with E-state index in [1.807, 2.05) is 11.8 Å². The van der Waals surface area contributed by atoms with Gasteiger partial charge in [0.15, 0.2) is 0 Å². The molecule has 0 aliphatic carbocycles. The van der Waals surface area contributed by atoms with Crippen molar-refractivity contribution < 1.29 is 9.21 Å². The van der Waals surface area contributed by atoms with Gasteiger partial charge in [0.05, 0.1) is 11.3 Å². The van der Waals surface area contributed by atoms with Gasteiger partial charge >= 0.3 is 0 Å². The largest absolute Gasteiger partial charge is 0.468 e. The van der Waals surface area contributed by atoms with Crippen LogP contribution in [0.5, 0.6) is 0 Å². The molecular formula is C10H13ClO2S. The zero-order chi connectivity index (χ0) is 10.4. The van der Waals surface area contributed by atoms with Gasteiger partial charge in [0.2, 0.25) is 0 Å². The molecule has 0 radical (unpaired) electrons. The van der Waals surface area contributed by atoms with Gasteiger partial charge in [-0.1, -0.05) is 13.3 Å². The van der Waals surface area contributed by atoms with Gasteiger partial charge in [0, 0.05) is 0 Å². The quantitative estimate of drug-likeness (QED) is 0.554. The minimum atomic E-state index is -0.460. The monoisotopic (exact) mass is 232 g/mol. The first-order chi connectivity index (χ1) is 6.74. The fraction of sp³-hybridized carbons (Fsp3) is 0.500. The summed E-state index contributed by atoms with van der Waals surface area (Å²) in [5, 5.41) is -0.460. The smallest absolute Gasteiger partial charge is 0.255 e. The predicted molar refractivity (Wildman–Crippen MR) is 60.0 cm³/mol. The zero-order valence-corrected chi connectivity index (χ0v) is 9.66. The van der Waals surface area contributed by atoms with Crippen LogP contribution in [0.4, 0.5) is 0 Å². The van der Waals surface area contributed by atoms with Crippen LogP contribution < -0.4 is 0 Å². The molecule has 1 aromatic rings. The number of furan rings is 1. The Labute approximate surface area is 93.0 Å². The van der Waals surface area contributed by atoms with Crippen molar-refractivity contribution in [2.75, 3.05) is 5.75 Å². The predicted octanol–water partition coefficient (Wildman–Crippen LogP) is 3.69. The van der Waals surface area contributed by atoms with Gasteiger partial charge < -0.3 is 4.42 Å². The SMILES string of the molecule is CCCCSCc1cc(C(=O)Cl)co1. The standard InChI is InChI=1S/C10H13ClO2S/c1-2-3-4-14-7-9-5-8(6-13-9)10(11)12/h5-6H,2-4,7H2,1H3. The molecule has 0 N–H and O–H groups in total. The number of unbranched alkanes of at least 4 members (excludes halogenated alkanes) is 1. The molecule has 0 fully saturated rings. The molecule has 1 aromatic heterocycles. The van der Waals surface area contributed by atoms with E-state index in [0.29, 0.717) is 5.56 Å². The summed E-state index contributed by atoms with van der Waals surface area (Å²) in [6, 6.07) is 1.70. The van der Waals surface area contributed by atoms with Crippen LogP contribution in [0.3, 0.4) is 0 Å². The topological polar surface area (TPSA) is 30.2 Å². The van der Waals surface area contributed by atoms with Crippen LogP contribution in [-0.2, 0) is 5.75 Å². The zero-order valence-electron chi connectivity index (χ0n) is 8.09. The second kappa shape index (κ2) is 6.14. The summed E-state index contributed by atoms with van der Waals surface area (Å²) in [6.07, 6.45) is 3.83. The van der Waals surface area contributed by atoms with Crippen molar-refractivity contribution in [2.24, 2.45) is 0 Å². The van der Waals surface area contributed by atoms with Crippen LogP contribution in [0.15, 0.2) is 16.7 Å². The highest BCUT2D eigenvalue weighted by atomic mass is 35.5. The highest BCUT2D eigenvalue weighted by molar-refractivity contribution is 7.98. The van der Waals surface area contributed by atoms with Gasteiger partial charge in [0.25, 0.3) is 5.24 Å². The third-order valence-electron chi connectivity index (χ3n) is 1.77. The molecule has 2 nitrogen and oxygen atoms in total. The van der Waals surface area contributed by atoms with E-state index in [-0.39, 0.29) is 0 Å². The van der Waals surface area contributed by atoms with Crippen LogP contribution >= 0.6 is 23.4 Å². The van der Waals surface area contributed by atoms with Gasteiger partial charge in [-0.05, 0) is 29.8 Å². The molecule has 0 saturated heterocycles. The second-order valence-corrected chi connectivity index (χ2v) is 4.43. The Hall–Kier alpha value is -0.410. The maximum absolute atomic E-state index is 10.7. The highest BCUT2D eigenvalue weighted by Gasteiger charge is 2.06. The lowest BCUT2D eigenvalue weighted by molar-refractivity contribution is 0.108. The molecule has 1 heterocycles. The minimum Gasteiger partial charge on any atom is -0.468 e. The third kappa shape index (κ3) is 3.76. The average molecular weight is 233 g/mol. The normalized spacial score (nSPS) is 10.4.